The number of hydrogen-bond acceptors (Lipinski definition) is 6. The average Bonchev–Trinajstić information content (AvgIpc) is 2.91. The Kier molecular flexibility index (Phi) is 8.70. The molecule has 1 heterocycles. The Balaban J connectivity index is 1.29. The van der Waals surface area contributed by atoms with E-state index in [4.69, 9.17) is 23.8 Å². The molecule has 0 radical (unpaired) electrons. The SMILES string of the molecule is O=C(/C=C/Nc1ccccc1Cl)c1ccc(NC(=S)Nc2ccc(S(=O)(=O)Nc3ccccn3)cc2)cc1. The monoisotopic (exact) mass is 563 g/mol. The van der Waals surface area contributed by atoms with Crippen LogP contribution in [0.1, 0.15) is 10.4 Å². The Labute approximate surface area is 230 Å². The fraction of sp³-hybridized carbons (Fsp3) is 0. The van der Waals surface area contributed by atoms with Crippen molar-refractivity contribution in [3.63, 3.8) is 0 Å². The summed E-state index contributed by atoms with van der Waals surface area (Å²) < 4.78 is 27.5. The van der Waals surface area contributed by atoms with Gasteiger partial charge in [0, 0.05) is 35.4 Å². The maximum Gasteiger partial charge on any atom is 0.263 e. The lowest BCUT2D eigenvalue weighted by atomic mass is 10.1. The molecule has 0 unspecified atom stereocenters. The summed E-state index contributed by atoms with van der Waals surface area (Å²) in [6.07, 6.45) is 4.47. The molecule has 11 heteroatoms. The third kappa shape index (κ3) is 7.39. The molecule has 0 aliphatic carbocycles. The zero-order chi connectivity index (χ0) is 27.0. The minimum Gasteiger partial charge on any atom is -0.360 e. The number of carbonyl (C=O) groups is 1. The number of allylic oxidation sites excluding steroid dienone is 1. The zero-order valence-electron chi connectivity index (χ0n) is 19.8. The van der Waals surface area contributed by atoms with Crippen molar-refractivity contribution < 1.29 is 13.2 Å². The van der Waals surface area contributed by atoms with Gasteiger partial charge in [0.2, 0.25) is 0 Å². The summed E-state index contributed by atoms with van der Waals surface area (Å²) >= 11 is 11.4. The molecule has 0 saturated carbocycles. The molecule has 0 spiro atoms. The van der Waals surface area contributed by atoms with Gasteiger partial charge < -0.3 is 16.0 Å². The normalized spacial score (nSPS) is 11.1. The van der Waals surface area contributed by atoms with Gasteiger partial charge >= 0.3 is 0 Å². The standard InChI is InChI=1S/C27H22ClN5O3S2/c28-23-5-1-2-6-24(23)29-18-16-25(34)19-8-10-20(11-9-19)31-27(37)32-21-12-14-22(15-13-21)38(35,36)33-26-7-3-4-17-30-26/h1-18,29H,(H,30,33)(H2,31,32,37)/b18-16+. The number of halogens is 1. The summed E-state index contributed by atoms with van der Waals surface area (Å²) in [5.74, 6) is 0.0574. The Morgan fingerprint density at radius 1 is 0.842 bits per heavy atom. The van der Waals surface area contributed by atoms with Crippen LogP contribution >= 0.6 is 23.8 Å². The van der Waals surface area contributed by atoms with E-state index in [0.717, 1.165) is 0 Å². The molecule has 4 rings (SSSR count). The Hall–Kier alpha value is -4.25. The lowest BCUT2D eigenvalue weighted by molar-refractivity contribution is 0.104. The van der Waals surface area contributed by atoms with Crippen molar-refractivity contribution in [3.05, 3.63) is 120 Å². The first-order valence-electron chi connectivity index (χ1n) is 11.2. The smallest absolute Gasteiger partial charge is 0.263 e. The second-order valence-corrected chi connectivity index (χ2v) is 10.3. The summed E-state index contributed by atoms with van der Waals surface area (Å²) in [4.78, 5) is 16.5. The largest absolute Gasteiger partial charge is 0.360 e. The quantitative estimate of drug-likeness (QED) is 0.109. The lowest BCUT2D eigenvalue weighted by Crippen LogP contribution is -2.19. The number of anilines is 4. The molecule has 0 bridgehead atoms. The Morgan fingerprint density at radius 2 is 1.47 bits per heavy atom. The second-order valence-electron chi connectivity index (χ2n) is 7.82. The summed E-state index contributed by atoms with van der Waals surface area (Å²) in [7, 11) is -3.77. The molecule has 0 fully saturated rings. The number of sulfonamides is 1. The molecule has 38 heavy (non-hydrogen) atoms. The molecule has 0 aliphatic rings. The fourth-order valence-corrected chi connectivity index (χ4v) is 4.66. The number of ketones is 1. The number of nitrogens with one attached hydrogen (secondary N) is 4. The molecular formula is C27H22ClN5O3S2. The number of benzene rings is 3. The number of nitrogens with zero attached hydrogens (tertiary/aromatic N) is 1. The number of carbonyl (C=O) groups excluding carboxylic acids is 1. The zero-order valence-corrected chi connectivity index (χ0v) is 22.1. The molecule has 0 aliphatic heterocycles. The first kappa shape index (κ1) is 26.8. The van der Waals surface area contributed by atoms with Crippen LogP contribution in [-0.2, 0) is 10.0 Å². The Morgan fingerprint density at radius 3 is 2.11 bits per heavy atom. The van der Waals surface area contributed by atoms with Crippen molar-refractivity contribution >= 4 is 67.6 Å². The van der Waals surface area contributed by atoms with Crippen LogP contribution in [0, 0.1) is 0 Å². The van der Waals surface area contributed by atoms with Gasteiger partial charge in [-0.05, 0) is 85.0 Å². The maximum atomic E-state index is 12.5. The number of hydrogen-bond donors (Lipinski definition) is 4. The van der Waals surface area contributed by atoms with Gasteiger partial charge in [0.15, 0.2) is 10.9 Å². The van der Waals surface area contributed by atoms with Crippen LogP contribution < -0.4 is 20.7 Å². The van der Waals surface area contributed by atoms with Gasteiger partial charge in [-0.25, -0.2) is 13.4 Å². The minimum absolute atomic E-state index is 0.0870. The van der Waals surface area contributed by atoms with Crippen LogP contribution in [0.4, 0.5) is 22.9 Å². The number of pyridine rings is 1. The molecular weight excluding hydrogens is 542 g/mol. The molecule has 192 valence electrons. The van der Waals surface area contributed by atoms with Gasteiger partial charge in [-0.2, -0.15) is 0 Å². The molecule has 1 aromatic heterocycles. The molecule has 4 N–H and O–H groups in total. The van der Waals surface area contributed by atoms with Gasteiger partial charge in [0.25, 0.3) is 10.0 Å². The van der Waals surface area contributed by atoms with Crippen molar-refractivity contribution in [2.45, 2.75) is 4.90 Å². The van der Waals surface area contributed by atoms with Crippen LogP contribution in [0.3, 0.4) is 0 Å². The highest BCUT2D eigenvalue weighted by Crippen LogP contribution is 2.21. The van der Waals surface area contributed by atoms with E-state index in [1.165, 1.54) is 24.4 Å². The predicted octanol–water partition coefficient (Wildman–Crippen LogP) is 6.15. The van der Waals surface area contributed by atoms with Crippen LogP contribution in [0.15, 0.2) is 114 Å². The van der Waals surface area contributed by atoms with Gasteiger partial charge in [0.05, 0.1) is 15.6 Å². The van der Waals surface area contributed by atoms with E-state index in [1.54, 1.807) is 66.9 Å². The molecule has 8 nitrogen and oxygen atoms in total. The van der Waals surface area contributed by atoms with Crippen molar-refractivity contribution in [2.24, 2.45) is 0 Å². The van der Waals surface area contributed by atoms with E-state index < -0.39 is 10.0 Å². The van der Waals surface area contributed by atoms with Crippen molar-refractivity contribution in [3.8, 4) is 0 Å². The number of aromatic nitrogens is 1. The van der Waals surface area contributed by atoms with Gasteiger partial charge in [-0.3, -0.25) is 9.52 Å². The van der Waals surface area contributed by atoms with Crippen molar-refractivity contribution in [1.29, 1.82) is 0 Å². The van der Waals surface area contributed by atoms with Crippen molar-refractivity contribution in [2.75, 3.05) is 20.7 Å². The average molecular weight is 564 g/mol. The summed E-state index contributed by atoms with van der Waals surface area (Å²) in [5, 5.41) is 9.88. The van der Waals surface area contributed by atoms with E-state index in [1.807, 2.05) is 18.2 Å². The first-order chi connectivity index (χ1) is 18.3. The van der Waals surface area contributed by atoms with E-state index in [9.17, 15) is 13.2 Å². The highest BCUT2D eigenvalue weighted by atomic mass is 35.5. The summed E-state index contributed by atoms with van der Waals surface area (Å²) in [6, 6.07) is 25.1. The van der Waals surface area contributed by atoms with Gasteiger partial charge in [0.1, 0.15) is 5.82 Å². The lowest BCUT2D eigenvalue weighted by Gasteiger charge is -2.12. The summed E-state index contributed by atoms with van der Waals surface area (Å²) in [6.45, 7) is 0. The van der Waals surface area contributed by atoms with Crippen LogP contribution in [0.5, 0.6) is 0 Å². The van der Waals surface area contributed by atoms with E-state index in [0.29, 0.717) is 32.8 Å². The minimum atomic E-state index is -3.77. The maximum absolute atomic E-state index is 12.5. The van der Waals surface area contributed by atoms with E-state index in [-0.39, 0.29) is 16.5 Å². The number of para-hydroxylation sites is 1. The third-order valence-electron chi connectivity index (χ3n) is 5.10. The number of rotatable bonds is 9. The first-order valence-corrected chi connectivity index (χ1v) is 13.5. The van der Waals surface area contributed by atoms with Crippen LogP contribution in [0.2, 0.25) is 5.02 Å². The van der Waals surface area contributed by atoms with Crippen LogP contribution in [-0.4, -0.2) is 24.3 Å². The number of thiocarbonyl (C=S) groups is 1. The molecule has 3 aromatic carbocycles. The fourth-order valence-electron chi connectivity index (χ4n) is 3.23. The molecule has 0 saturated heterocycles. The van der Waals surface area contributed by atoms with Gasteiger partial charge in [-0.15, -0.1) is 0 Å². The van der Waals surface area contributed by atoms with E-state index in [2.05, 4.69) is 25.7 Å². The molecule has 0 amide bonds. The van der Waals surface area contributed by atoms with Gasteiger partial charge in [-0.1, -0.05) is 29.8 Å². The highest BCUT2D eigenvalue weighted by Gasteiger charge is 2.14. The summed E-state index contributed by atoms with van der Waals surface area (Å²) in [5.41, 5.74) is 2.48. The highest BCUT2D eigenvalue weighted by molar-refractivity contribution is 7.92. The molecule has 0 atom stereocenters. The van der Waals surface area contributed by atoms with Crippen LogP contribution in [0.25, 0.3) is 0 Å². The third-order valence-corrected chi connectivity index (χ3v) is 7.01. The Bertz CT molecular complexity index is 1560. The molecule has 4 aromatic rings. The van der Waals surface area contributed by atoms with Crippen molar-refractivity contribution in [1.82, 2.24) is 4.98 Å². The topological polar surface area (TPSA) is 112 Å². The van der Waals surface area contributed by atoms with E-state index >= 15 is 0 Å². The second kappa shape index (κ2) is 12.3. The predicted molar refractivity (Wildman–Crippen MR) is 156 cm³/mol.